The number of unbranched alkanes of at least 4 members (excludes halogenated alkanes) is 8. The highest BCUT2D eigenvalue weighted by Gasteiger charge is 2.31. The highest BCUT2D eigenvalue weighted by molar-refractivity contribution is 5.69. The zero-order valence-corrected chi connectivity index (χ0v) is 20.4. The van der Waals surface area contributed by atoms with Crippen LogP contribution in [0.4, 0.5) is 0 Å². The lowest BCUT2D eigenvalue weighted by atomic mass is 9.81. The average Bonchev–Trinajstić information content (AvgIpc) is 2.79. The van der Waals surface area contributed by atoms with Crippen LogP contribution in [0.3, 0.4) is 0 Å². The molecule has 3 nitrogen and oxygen atoms in total. The van der Waals surface area contributed by atoms with E-state index in [1.165, 1.54) is 56.9 Å². The van der Waals surface area contributed by atoms with Crippen LogP contribution in [-0.2, 0) is 9.53 Å². The average molecular weight is 431 g/mol. The number of para-hydroxylation sites is 1. The molecule has 1 aromatic carbocycles. The van der Waals surface area contributed by atoms with Gasteiger partial charge in [0, 0.05) is 17.9 Å². The van der Waals surface area contributed by atoms with Gasteiger partial charge in [0.2, 0.25) is 0 Å². The van der Waals surface area contributed by atoms with Crippen molar-refractivity contribution in [1.82, 2.24) is 0 Å². The number of hydrogen-bond donors (Lipinski definition) is 0. The highest BCUT2D eigenvalue weighted by Crippen LogP contribution is 2.39. The predicted octanol–water partition coefficient (Wildman–Crippen LogP) is 8.35. The number of rotatable bonds is 15. The first kappa shape index (κ1) is 25.7. The molecule has 0 aliphatic heterocycles. The van der Waals surface area contributed by atoms with Gasteiger partial charge in [-0.2, -0.15) is 0 Å². The third kappa shape index (κ3) is 9.66. The second kappa shape index (κ2) is 15.3. The molecule has 0 heterocycles. The maximum atomic E-state index is 12.6. The van der Waals surface area contributed by atoms with Crippen LogP contribution >= 0.6 is 0 Å². The monoisotopic (exact) mass is 430 g/mol. The number of ether oxygens (including phenoxy) is 2. The van der Waals surface area contributed by atoms with Crippen LogP contribution in [0, 0.1) is 0 Å². The number of hydrogen-bond acceptors (Lipinski definition) is 3. The molecule has 0 saturated heterocycles. The van der Waals surface area contributed by atoms with Gasteiger partial charge in [-0.1, -0.05) is 89.8 Å². The minimum Gasteiger partial charge on any atom is -0.490 e. The van der Waals surface area contributed by atoms with Gasteiger partial charge >= 0.3 is 5.97 Å². The number of carbonyl (C=O) groups is 1. The van der Waals surface area contributed by atoms with E-state index in [9.17, 15) is 4.79 Å². The van der Waals surface area contributed by atoms with Crippen LogP contribution in [0.5, 0.6) is 5.75 Å². The van der Waals surface area contributed by atoms with Crippen molar-refractivity contribution in [3.63, 3.8) is 0 Å². The first-order valence-electron chi connectivity index (χ1n) is 13.1. The summed E-state index contributed by atoms with van der Waals surface area (Å²) in [4.78, 5) is 12.6. The van der Waals surface area contributed by atoms with Crippen LogP contribution < -0.4 is 4.74 Å². The van der Waals surface area contributed by atoms with Gasteiger partial charge in [-0.05, 0) is 45.1 Å². The molecule has 3 unspecified atom stereocenters. The van der Waals surface area contributed by atoms with E-state index in [-0.39, 0.29) is 24.1 Å². The minimum absolute atomic E-state index is 0.0125. The molecule has 0 spiro atoms. The molecule has 176 valence electrons. The maximum absolute atomic E-state index is 12.6. The molecule has 1 aliphatic carbocycles. The lowest BCUT2D eigenvalue weighted by Gasteiger charge is -2.33. The number of benzene rings is 1. The van der Waals surface area contributed by atoms with E-state index < -0.39 is 0 Å². The van der Waals surface area contributed by atoms with E-state index in [1.54, 1.807) is 0 Å². The Labute approximate surface area is 191 Å². The summed E-state index contributed by atoms with van der Waals surface area (Å²) in [5.74, 6) is 1.20. The van der Waals surface area contributed by atoms with Gasteiger partial charge in [-0.3, -0.25) is 4.79 Å². The third-order valence-corrected chi connectivity index (χ3v) is 6.69. The van der Waals surface area contributed by atoms with Gasteiger partial charge in [0.15, 0.2) is 0 Å². The van der Waals surface area contributed by atoms with Gasteiger partial charge in [0.1, 0.15) is 11.9 Å². The molecule has 31 heavy (non-hydrogen) atoms. The van der Waals surface area contributed by atoms with Crippen molar-refractivity contribution in [1.29, 1.82) is 0 Å². The van der Waals surface area contributed by atoms with Crippen molar-refractivity contribution >= 4 is 5.97 Å². The summed E-state index contributed by atoms with van der Waals surface area (Å²) in [7, 11) is 0. The van der Waals surface area contributed by atoms with Crippen molar-refractivity contribution in [2.75, 3.05) is 0 Å². The van der Waals surface area contributed by atoms with Crippen molar-refractivity contribution < 1.29 is 14.3 Å². The van der Waals surface area contributed by atoms with Gasteiger partial charge in [-0.25, -0.2) is 0 Å². The lowest BCUT2D eigenvalue weighted by molar-refractivity contribution is -0.151. The summed E-state index contributed by atoms with van der Waals surface area (Å²) < 4.78 is 12.2. The van der Waals surface area contributed by atoms with Crippen molar-refractivity contribution in [2.45, 2.75) is 135 Å². The maximum Gasteiger partial charge on any atom is 0.306 e. The minimum atomic E-state index is -0.0137. The number of esters is 1. The van der Waals surface area contributed by atoms with E-state index in [0.29, 0.717) is 6.42 Å². The Morgan fingerprint density at radius 2 is 1.58 bits per heavy atom. The second-order valence-corrected chi connectivity index (χ2v) is 9.37. The molecule has 1 aromatic rings. The fraction of sp³-hybridized carbons (Fsp3) is 0.750. The fourth-order valence-corrected chi connectivity index (χ4v) is 4.60. The second-order valence-electron chi connectivity index (χ2n) is 9.37. The molecule has 3 heteroatoms. The molecule has 0 N–H and O–H groups in total. The lowest BCUT2D eigenvalue weighted by Crippen LogP contribution is -2.29. The Hall–Kier alpha value is -1.51. The van der Waals surface area contributed by atoms with Gasteiger partial charge < -0.3 is 9.47 Å². The van der Waals surface area contributed by atoms with Crippen molar-refractivity contribution in [3.8, 4) is 5.75 Å². The van der Waals surface area contributed by atoms with E-state index in [4.69, 9.17) is 9.47 Å². The van der Waals surface area contributed by atoms with Crippen LogP contribution in [0.25, 0.3) is 0 Å². The molecule has 0 aromatic heterocycles. The standard InChI is InChI=1S/C28H46O3/c1-4-6-7-8-9-10-11-12-13-22-28(29)31-27-21-17-15-19-25(27)24-18-14-16-20-26(24)30-23(3)5-2/h14,16,18,20,23,25,27H,4-13,15,17,19,21-22H2,1-3H3. The van der Waals surface area contributed by atoms with Crippen LogP contribution in [0.2, 0.25) is 0 Å². The zero-order chi connectivity index (χ0) is 22.3. The van der Waals surface area contributed by atoms with Gasteiger partial charge in [-0.15, -0.1) is 0 Å². The summed E-state index contributed by atoms with van der Waals surface area (Å²) >= 11 is 0. The van der Waals surface area contributed by atoms with E-state index in [2.05, 4.69) is 39.0 Å². The molecular formula is C28H46O3. The quantitative estimate of drug-likeness (QED) is 0.207. The Morgan fingerprint density at radius 3 is 2.29 bits per heavy atom. The van der Waals surface area contributed by atoms with E-state index in [0.717, 1.165) is 44.3 Å². The molecule has 3 atom stereocenters. The molecular weight excluding hydrogens is 384 g/mol. The first-order chi connectivity index (χ1) is 15.2. The normalized spacial score (nSPS) is 19.7. The Bertz CT molecular complexity index is 612. The Balaban J connectivity index is 1.78. The van der Waals surface area contributed by atoms with Crippen LogP contribution in [0.15, 0.2) is 24.3 Å². The van der Waals surface area contributed by atoms with Crippen molar-refractivity contribution in [3.05, 3.63) is 29.8 Å². The SMILES string of the molecule is CCCCCCCCCCCC(=O)OC1CCCCC1c1ccccc1OC(C)CC. The summed E-state index contributed by atoms with van der Waals surface area (Å²) in [6.07, 6.45) is 17.5. The molecule has 2 rings (SSSR count). The van der Waals surface area contributed by atoms with Crippen LogP contribution in [0.1, 0.15) is 129 Å². The van der Waals surface area contributed by atoms with E-state index in [1.807, 2.05) is 6.07 Å². The summed E-state index contributed by atoms with van der Waals surface area (Å²) in [6.45, 7) is 6.51. The molecule has 0 amide bonds. The molecule has 1 saturated carbocycles. The fourth-order valence-electron chi connectivity index (χ4n) is 4.60. The van der Waals surface area contributed by atoms with Gasteiger partial charge in [0.05, 0.1) is 6.10 Å². The smallest absolute Gasteiger partial charge is 0.306 e. The van der Waals surface area contributed by atoms with Crippen molar-refractivity contribution in [2.24, 2.45) is 0 Å². The molecule has 0 radical (unpaired) electrons. The van der Waals surface area contributed by atoms with E-state index >= 15 is 0 Å². The van der Waals surface area contributed by atoms with Crippen LogP contribution in [-0.4, -0.2) is 18.2 Å². The Morgan fingerprint density at radius 1 is 0.935 bits per heavy atom. The summed E-state index contributed by atoms with van der Waals surface area (Å²) in [5.41, 5.74) is 1.21. The number of carbonyl (C=O) groups excluding carboxylic acids is 1. The summed E-state index contributed by atoms with van der Waals surface area (Å²) in [6, 6.07) is 8.34. The molecule has 1 fully saturated rings. The van der Waals surface area contributed by atoms with Gasteiger partial charge in [0.25, 0.3) is 0 Å². The largest absolute Gasteiger partial charge is 0.490 e. The highest BCUT2D eigenvalue weighted by atomic mass is 16.5. The summed E-state index contributed by atoms with van der Waals surface area (Å²) in [5, 5.41) is 0. The predicted molar refractivity (Wildman–Crippen MR) is 130 cm³/mol. The zero-order valence-electron chi connectivity index (χ0n) is 20.4. The first-order valence-corrected chi connectivity index (χ1v) is 13.1. The molecule has 1 aliphatic rings. The topological polar surface area (TPSA) is 35.5 Å². The third-order valence-electron chi connectivity index (χ3n) is 6.69. The Kier molecular flexibility index (Phi) is 12.7. The molecule has 0 bridgehead atoms.